The Morgan fingerprint density at radius 1 is 1.13 bits per heavy atom. The molecule has 0 radical (unpaired) electrons. The van der Waals surface area contributed by atoms with Crippen LogP contribution < -0.4 is 0 Å². The van der Waals surface area contributed by atoms with E-state index in [1.807, 2.05) is 0 Å². The molecule has 9 atom stereocenters. The van der Waals surface area contributed by atoms with Crippen molar-refractivity contribution in [2.75, 3.05) is 0 Å². The van der Waals surface area contributed by atoms with Gasteiger partial charge in [-0.2, -0.15) is 0 Å². The fourth-order valence-electron chi connectivity index (χ4n) is 7.24. The predicted octanol–water partition coefficient (Wildman–Crippen LogP) is 6.32. The van der Waals surface area contributed by atoms with E-state index in [0.717, 1.165) is 44.3 Å². The number of allylic oxidation sites excluding steroid dienone is 4. The van der Waals surface area contributed by atoms with E-state index in [2.05, 4.69) is 59.8 Å². The smallest absolute Gasteiger partial charge is 0.143 e. The lowest BCUT2D eigenvalue weighted by Gasteiger charge is -2.46. The first-order valence-electron chi connectivity index (χ1n) is 12.8. The Balaban J connectivity index is 1.63. The number of aliphatic hydroxyl groups excluding tert-OH is 1. The number of Topliss-reactive ketones (excluding diaryl/α,β-unsaturated/α-hetero) is 1. The Morgan fingerprint density at radius 2 is 1.87 bits per heavy atom. The van der Waals surface area contributed by atoms with Gasteiger partial charge < -0.3 is 9.84 Å². The van der Waals surface area contributed by atoms with Gasteiger partial charge in [0.25, 0.3) is 0 Å². The monoisotopic (exact) mass is 428 g/mol. The molecule has 2 aliphatic carbocycles. The van der Waals surface area contributed by atoms with Crippen molar-refractivity contribution in [2.24, 2.45) is 46.3 Å². The van der Waals surface area contributed by atoms with Crippen molar-refractivity contribution in [1.29, 1.82) is 0 Å². The van der Waals surface area contributed by atoms with Crippen LogP contribution in [0.2, 0.25) is 0 Å². The summed E-state index contributed by atoms with van der Waals surface area (Å²) < 4.78 is 6.73. The first-order valence-corrected chi connectivity index (χ1v) is 12.8. The van der Waals surface area contributed by atoms with Crippen LogP contribution in [0.3, 0.4) is 0 Å². The highest BCUT2D eigenvalue weighted by atomic mass is 16.5. The molecule has 0 amide bonds. The van der Waals surface area contributed by atoms with Crippen molar-refractivity contribution < 1.29 is 14.6 Å². The number of fused-ring (bicyclic) bond motifs is 6. The third kappa shape index (κ3) is 3.83. The number of rotatable bonds is 4. The van der Waals surface area contributed by atoms with Crippen molar-refractivity contribution in [1.82, 2.24) is 0 Å². The third-order valence-corrected chi connectivity index (χ3v) is 10.1. The van der Waals surface area contributed by atoms with E-state index in [1.54, 1.807) is 0 Å². The summed E-state index contributed by atoms with van der Waals surface area (Å²) in [6.07, 6.45) is 13.1. The normalized spacial score (nSPS) is 44.7. The molecule has 3 fully saturated rings. The molecule has 174 valence electrons. The van der Waals surface area contributed by atoms with Crippen molar-refractivity contribution in [3.8, 4) is 0 Å². The molecule has 0 aromatic heterocycles. The summed E-state index contributed by atoms with van der Waals surface area (Å²) in [6, 6.07) is 0. The molecule has 2 saturated carbocycles. The number of aliphatic hydroxyl groups is 1. The summed E-state index contributed by atoms with van der Waals surface area (Å²) in [5, 5.41) is 10.3. The Labute approximate surface area is 189 Å². The minimum atomic E-state index is -0.331. The number of hydrogen-bond donors (Lipinski definition) is 1. The molecule has 31 heavy (non-hydrogen) atoms. The van der Waals surface area contributed by atoms with E-state index in [4.69, 9.17) is 4.74 Å². The Hall–Kier alpha value is -1.09. The fraction of sp³-hybridized carbons (Fsp3) is 0.821. The Morgan fingerprint density at radius 3 is 2.58 bits per heavy atom. The van der Waals surface area contributed by atoms with Crippen LogP contribution in [-0.2, 0) is 9.53 Å². The highest BCUT2D eigenvalue weighted by molar-refractivity contribution is 5.87. The summed E-state index contributed by atoms with van der Waals surface area (Å²) in [5.74, 6) is 4.10. The highest BCUT2D eigenvalue weighted by Crippen LogP contribution is 2.60. The van der Waals surface area contributed by atoms with Crippen molar-refractivity contribution >= 4 is 5.78 Å². The van der Waals surface area contributed by atoms with E-state index < -0.39 is 0 Å². The number of hydrogen-bond acceptors (Lipinski definition) is 3. The summed E-state index contributed by atoms with van der Waals surface area (Å²) in [5.41, 5.74) is -0.349. The average Bonchev–Trinajstić information content (AvgIpc) is 2.96. The molecule has 4 aliphatic rings. The number of carbonyl (C=O) groups is 1. The van der Waals surface area contributed by atoms with Crippen molar-refractivity contribution in [3.05, 3.63) is 24.0 Å². The first kappa shape index (κ1) is 23.1. The average molecular weight is 429 g/mol. The van der Waals surface area contributed by atoms with Gasteiger partial charge in [0.2, 0.25) is 0 Å². The minimum Gasteiger partial charge on any atom is -0.494 e. The molecular formula is C28H44O3. The molecule has 1 saturated heterocycles. The highest BCUT2D eigenvalue weighted by Gasteiger charge is 2.59. The van der Waals surface area contributed by atoms with Crippen molar-refractivity contribution in [3.63, 3.8) is 0 Å². The second-order valence-electron chi connectivity index (χ2n) is 12.1. The molecule has 0 spiro atoms. The molecule has 3 nitrogen and oxygen atoms in total. The number of ketones is 1. The number of carbonyl (C=O) groups excluding carboxylic acids is 1. The zero-order valence-corrected chi connectivity index (χ0v) is 20.6. The maximum Gasteiger partial charge on any atom is 0.143 e. The summed E-state index contributed by atoms with van der Waals surface area (Å²) in [4.78, 5) is 13.9. The lowest BCUT2D eigenvalue weighted by molar-refractivity contribution is -0.135. The SMILES string of the molecule is CC(C)[C@H](C)/C=C/[C@H](C)[C@H]1CC[C@H]2C3=CC[C@H]4C[C@@H](O)CC[C@]4(C)[C@H](CC(=O)[C@]12C)O3. The van der Waals surface area contributed by atoms with E-state index in [0.29, 0.717) is 41.8 Å². The third-order valence-electron chi connectivity index (χ3n) is 10.1. The van der Waals surface area contributed by atoms with E-state index >= 15 is 0 Å². The first-order chi connectivity index (χ1) is 14.6. The van der Waals surface area contributed by atoms with Crippen LogP contribution in [0.15, 0.2) is 24.0 Å². The molecule has 1 N–H and O–H groups in total. The van der Waals surface area contributed by atoms with Gasteiger partial charge in [-0.3, -0.25) is 4.79 Å². The lowest BCUT2D eigenvalue weighted by atomic mass is 9.59. The van der Waals surface area contributed by atoms with Gasteiger partial charge in [-0.15, -0.1) is 0 Å². The van der Waals surface area contributed by atoms with Gasteiger partial charge in [0.05, 0.1) is 11.9 Å². The van der Waals surface area contributed by atoms with Gasteiger partial charge in [0, 0.05) is 23.2 Å². The minimum absolute atomic E-state index is 0.0180. The quantitative estimate of drug-likeness (QED) is 0.533. The van der Waals surface area contributed by atoms with Crippen LogP contribution in [0.5, 0.6) is 0 Å². The molecular weight excluding hydrogens is 384 g/mol. The molecule has 3 heteroatoms. The fourth-order valence-corrected chi connectivity index (χ4v) is 7.24. The standard InChI is InChI=1S/C28H44O3/c1-17(2)18(3)7-8-19(4)22-10-11-23-24-12-9-20-15-21(29)13-14-27(20,5)26(31-24)16-25(30)28(22,23)6/h7-8,12,17-23,26,29H,9-11,13-16H2,1-6H3/b8-7+/t18-,19+,20+,21+,22-,23+,26+,27+,28-/m1/s1. The van der Waals surface area contributed by atoms with Crippen LogP contribution >= 0.6 is 0 Å². The summed E-state index contributed by atoms with van der Waals surface area (Å²) in [6.45, 7) is 13.7. The molecule has 2 bridgehead atoms. The summed E-state index contributed by atoms with van der Waals surface area (Å²) in [7, 11) is 0. The van der Waals surface area contributed by atoms with Crippen LogP contribution in [0, 0.1) is 46.3 Å². The van der Waals surface area contributed by atoms with Gasteiger partial charge in [0.1, 0.15) is 11.9 Å². The lowest BCUT2D eigenvalue weighted by Crippen LogP contribution is -2.46. The Bertz CT molecular complexity index is 751. The van der Waals surface area contributed by atoms with Crippen LogP contribution in [-0.4, -0.2) is 23.1 Å². The largest absolute Gasteiger partial charge is 0.494 e. The molecule has 0 unspecified atom stereocenters. The number of ether oxygens (including phenoxy) is 1. The van der Waals surface area contributed by atoms with Crippen LogP contribution in [0.4, 0.5) is 0 Å². The van der Waals surface area contributed by atoms with E-state index in [1.165, 1.54) is 0 Å². The zero-order valence-electron chi connectivity index (χ0n) is 20.6. The maximum absolute atomic E-state index is 13.9. The van der Waals surface area contributed by atoms with Gasteiger partial charge in [-0.25, -0.2) is 0 Å². The van der Waals surface area contributed by atoms with Gasteiger partial charge in [-0.1, -0.05) is 53.7 Å². The van der Waals surface area contributed by atoms with Crippen LogP contribution in [0.25, 0.3) is 0 Å². The molecule has 4 rings (SSSR count). The van der Waals surface area contributed by atoms with Crippen molar-refractivity contribution in [2.45, 2.75) is 98.7 Å². The van der Waals surface area contributed by atoms with E-state index in [9.17, 15) is 9.90 Å². The Kier molecular flexibility index (Phi) is 6.22. The summed E-state index contributed by atoms with van der Waals surface area (Å²) >= 11 is 0. The molecule has 2 heterocycles. The topological polar surface area (TPSA) is 46.5 Å². The second-order valence-corrected chi connectivity index (χ2v) is 12.1. The van der Waals surface area contributed by atoms with Gasteiger partial charge in [0.15, 0.2) is 0 Å². The second kappa shape index (κ2) is 8.36. The van der Waals surface area contributed by atoms with Gasteiger partial charge in [-0.05, 0) is 74.2 Å². The molecule has 0 aromatic carbocycles. The molecule has 0 aromatic rings. The van der Waals surface area contributed by atoms with Gasteiger partial charge >= 0.3 is 0 Å². The molecule has 2 aliphatic heterocycles. The predicted molar refractivity (Wildman–Crippen MR) is 125 cm³/mol. The van der Waals surface area contributed by atoms with E-state index in [-0.39, 0.29) is 29.0 Å². The van der Waals surface area contributed by atoms with Crippen LogP contribution in [0.1, 0.15) is 86.5 Å². The maximum atomic E-state index is 13.9. The zero-order chi connectivity index (χ0) is 22.6.